The highest BCUT2D eigenvalue weighted by atomic mass is 32.2. The fourth-order valence-electron chi connectivity index (χ4n) is 3.06. The molecule has 3 rings (SSSR count). The molecule has 0 saturated carbocycles. The number of carbonyl (C=O) groups is 1. The highest BCUT2D eigenvalue weighted by Gasteiger charge is 2.24. The Morgan fingerprint density at radius 3 is 2.61 bits per heavy atom. The number of hydrogen-bond donors (Lipinski definition) is 3. The van der Waals surface area contributed by atoms with Crippen LogP contribution in [0.25, 0.3) is 0 Å². The third kappa shape index (κ3) is 6.53. The number of hydrogen-bond acceptors (Lipinski definition) is 7. The molecule has 3 N–H and O–H groups in total. The van der Waals surface area contributed by atoms with Crippen molar-refractivity contribution in [2.24, 2.45) is 0 Å². The van der Waals surface area contributed by atoms with Crippen LogP contribution in [0.2, 0.25) is 0 Å². The van der Waals surface area contributed by atoms with Gasteiger partial charge in [0, 0.05) is 25.5 Å². The maximum Gasteiger partial charge on any atom is 0.337 e. The number of methoxy groups -OCH3 is 1. The number of anilines is 1. The van der Waals surface area contributed by atoms with E-state index in [2.05, 4.69) is 21.9 Å². The van der Waals surface area contributed by atoms with E-state index >= 15 is 0 Å². The van der Waals surface area contributed by atoms with Crippen LogP contribution in [0.1, 0.15) is 35.7 Å². The lowest BCUT2D eigenvalue weighted by Gasteiger charge is -2.20. The fourth-order valence-corrected chi connectivity index (χ4v) is 4.29. The van der Waals surface area contributed by atoms with Crippen LogP contribution in [0.4, 0.5) is 5.69 Å². The predicted octanol–water partition coefficient (Wildman–Crippen LogP) is 4.98. The van der Waals surface area contributed by atoms with E-state index in [-0.39, 0.29) is 22.8 Å². The molecular formula is C24H28N4O4S. The molecule has 1 aromatic heterocycles. The molecule has 0 aliphatic carbocycles. The largest absolute Gasteiger partial charge is 0.465 e. The quantitative estimate of drug-likeness (QED) is 0.270. The molecule has 0 fully saturated rings. The molecule has 174 valence electrons. The van der Waals surface area contributed by atoms with E-state index in [0.717, 1.165) is 18.4 Å². The third-order valence-electron chi connectivity index (χ3n) is 4.80. The molecule has 1 heterocycles. The topological polar surface area (TPSA) is 113 Å². The summed E-state index contributed by atoms with van der Waals surface area (Å²) in [6.07, 6.45) is 5.12. The van der Waals surface area contributed by atoms with Crippen LogP contribution in [0.5, 0.6) is 11.5 Å². The van der Waals surface area contributed by atoms with Crippen molar-refractivity contribution < 1.29 is 18.5 Å². The van der Waals surface area contributed by atoms with Crippen molar-refractivity contribution in [2.45, 2.75) is 31.2 Å². The summed E-state index contributed by atoms with van der Waals surface area (Å²) in [7, 11) is -2.30. The second-order valence-electron chi connectivity index (χ2n) is 7.28. The van der Waals surface area contributed by atoms with Crippen LogP contribution < -0.4 is 14.8 Å². The van der Waals surface area contributed by atoms with Gasteiger partial charge in [0.15, 0.2) is 5.75 Å². The van der Waals surface area contributed by atoms with Gasteiger partial charge in [0.1, 0.15) is 20.6 Å². The van der Waals surface area contributed by atoms with Crippen LogP contribution >= 0.6 is 0 Å². The summed E-state index contributed by atoms with van der Waals surface area (Å²) in [6, 6.07) is 15.6. The first-order valence-corrected chi connectivity index (χ1v) is 12.2. The third-order valence-corrected chi connectivity index (χ3v) is 6.27. The molecule has 9 heteroatoms. The summed E-state index contributed by atoms with van der Waals surface area (Å²) in [5.74, 6) is 0.151. The number of ether oxygens (including phenoxy) is 2. The number of unbranched alkanes of at least 4 members (excludes halogenated alkanes) is 1. The SMILES string of the molecule is CCCCNc1cc(C(=O)OC)cc(S(=N)(=O)NCc2cccnc2)c1Oc1ccccc1. The molecule has 0 spiro atoms. The Labute approximate surface area is 194 Å². The van der Waals surface area contributed by atoms with E-state index in [1.807, 2.05) is 24.3 Å². The highest BCUT2D eigenvalue weighted by Crippen LogP contribution is 2.38. The van der Waals surface area contributed by atoms with Gasteiger partial charge in [-0.25, -0.2) is 18.5 Å². The van der Waals surface area contributed by atoms with Crippen LogP contribution in [0, 0.1) is 4.78 Å². The summed E-state index contributed by atoms with van der Waals surface area (Å²) < 4.78 is 36.0. The molecular weight excluding hydrogens is 440 g/mol. The van der Waals surface area contributed by atoms with E-state index in [1.54, 1.807) is 36.7 Å². The van der Waals surface area contributed by atoms with Crippen LogP contribution in [-0.4, -0.2) is 28.8 Å². The first-order valence-electron chi connectivity index (χ1n) is 10.6. The predicted molar refractivity (Wildman–Crippen MR) is 128 cm³/mol. The number of aromatic nitrogens is 1. The van der Waals surface area contributed by atoms with Gasteiger partial charge in [-0.15, -0.1) is 0 Å². The summed E-state index contributed by atoms with van der Waals surface area (Å²) >= 11 is 0. The van der Waals surface area contributed by atoms with Crippen LogP contribution in [-0.2, 0) is 21.2 Å². The Bertz CT molecular complexity index is 1170. The highest BCUT2D eigenvalue weighted by molar-refractivity contribution is 7.90. The molecule has 0 amide bonds. The standard InChI is InChI=1S/C24H28N4O4S/c1-3-4-13-27-21-14-19(24(29)31-2)15-22(23(21)32-20-10-6-5-7-11-20)33(25,30)28-17-18-9-8-12-26-16-18/h5-12,14-16,27H,3-4,13,17H2,1-2H3,(H2,25,28,30). The van der Waals surface area contributed by atoms with Gasteiger partial charge >= 0.3 is 5.97 Å². The van der Waals surface area contributed by atoms with Crippen molar-refractivity contribution in [3.05, 3.63) is 78.1 Å². The average Bonchev–Trinajstić information content (AvgIpc) is 2.84. The molecule has 0 saturated heterocycles. The fraction of sp³-hybridized carbons (Fsp3) is 0.250. The zero-order valence-electron chi connectivity index (χ0n) is 18.7. The van der Waals surface area contributed by atoms with E-state index in [9.17, 15) is 9.00 Å². The molecule has 33 heavy (non-hydrogen) atoms. The van der Waals surface area contributed by atoms with Gasteiger partial charge in [-0.3, -0.25) is 4.98 Å². The summed E-state index contributed by atoms with van der Waals surface area (Å²) in [4.78, 5) is 16.4. The summed E-state index contributed by atoms with van der Waals surface area (Å²) in [5.41, 5.74) is 1.41. The number of nitrogens with zero attached hydrogens (tertiary/aromatic N) is 1. The Hall–Kier alpha value is -3.43. The van der Waals surface area contributed by atoms with Crippen LogP contribution in [0.15, 0.2) is 71.9 Å². The Morgan fingerprint density at radius 2 is 1.94 bits per heavy atom. The second-order valence-corrected chi connectivity index (χ2v) is 9.12. The molecule has 1 unspecified atom stereocenters. The molecule has 1 atom stereocenters. The van der Waals surface area contributed by atoms with Gasteiger partial charge in [-0.2, -0.15) is 0 Å². The number of rotatable bonds is 11. The number of para-hydroxylation sites is 1. The Morgan fingerprint density at radius 1 is 1.15 bits per heavy atom. The first kappa shape index (κ1) is 24.2. The lowest BCUT2D eigenvalue weighted by molar-refractivity contribution is 0.0600. The molecule has 3 aromatic rings. The number of carbonyl (C=O) groups excluding carboxylic acids is 1. The lowest BCUT2D eigenvalue weighted by Crippen LogP contribution is -2.23. The lowest BCUT2D eigenvalue weighted by atomic mass is 10.1. The Balaban J connectivity index is 2.08. The minimum absolute atomic E-state index is 0.0529. The molecule has 0 aliphatic heterocycles. The van der Waals surface area contributed by atoms with Gasteiger partial charge in [0.25, 0.3) is 0 Å². The summed E-state index contributed by atoms with van der Waals surface area (Å²) in [6.45, 7) is 2.84. The van der Waals surface area contributed by atoms with Gasteiger partial charge in [-0.1, -0.05) is 37.6 Å². The van der Waals surface area contributed by atoms with Crippen molar-refractivity contribution in [3.8, 4) is 11.5 Å². The number of esters is 1. The van der Waals surface area contributed by atoms with Gasteiger partial charge in [0.2, 0.25) is 0 Å². The van der Waals surface area contributed by atoms with Crippen molar-refractivity contribution >= 4 is 21.6 Å². The molecule has 0 bridgehead atoms. The van der Waals surface area contributed by atoms with Gasteiger partial charge in [-0.05, 0) is 42.3 Å². The van der Waals surface area contributed by atoms with E-state index < -0.39 is 15.9 Å². The molecule has 0 aliphatic rings. The first-order chi connectivity index (χ1) is 15.9. The molecule has 8 nitrogen and oxygen atoms in total. The van der Waals surface area contributed by atoms with Crippen molar-refractivity contribution in [2.75, 3.05) is 19.0 Å². The Kier molecular flexibility index (Phi) is 8.39. The summed E-state index contributed by atoms with van der Waals surface area (Å²) in [5, 5.41) is 3.26. The van der Waals surface area contributed by atoms with Crippen molar-refractivity contribution in [1.29, 1.82) is 4.78 Å². The number of pyridine rings is 1. The minimum Gasteiger partial charge on any atom is -0.465 e. The normalized spacial score (nSPS) is 12.5. The second kappa shape index (κ2) is 11.4. The van der Waals surface area contributed by atoms with E-state index in [1.165, 1.54) is 13.2 Å². The van der Waals surface area contributed by atoms with Gasteiger partial charge < -0.3 is 14.8 Å². The van der Waals surface area contributed by atoms with Crippen molar-refractivity contribution in [1.82, 2.24) is 9.71 Å². The molecule has 2 aromatic carbocycles. The zero-order chi connectivity index (χ0) is 23.7. The van der Waals surface area contributed by atoms with E-state index in [4.69, 9.17) is 14.3 Å². The number of nitrogens with one attached hydrogen (secondary N) is 3. The van der Waals surface area contributed by atoms with Gasteiger partial charge in [0.05, 0.1) is 18.4 Å². The van der Waals surface area contributed by atoms with E-state index in [0.29, 0.717) is 18.0 Å². The minimum atomic E-state index is -3.58. The number of benzene rings is 2. The zero-order valence-corrected chi connectivity index (χ0v) is 19.5. The smallest absolute Gasteiger partial charge is 0.337 e. The maximum atomic E-state index is 13.6. The average molecular weight is 469 g/mol. The molecule has 0 radical (unpaired) electrons. The van der Waals surface area contributed by atoms with Crippen molar-refractivity contribution in [3.63, 3.8) is 0 Å². The maximum absolute atomic E-state index is 13.6. The van der Waals surface area contributed by atoms with Crippen LogP contribution in [0.3, 0.4) is 0 Å². The monoisotopic (exact) mass is 468 g/mol.